The fourth-order valence-corrected chi connectivity index (χ4v) is 2.33. The van der Waals surface area contributed by atoms with Crippen LogP contribution in [0.2, 0.25) is 0 Å². The van der Waals surface area contributed by atoms with Crippen molar-refractivity contribution in [2.45, 2.75) is 6.54 Å². The third-order valence-corrected chi connectivity index (χ3v) is 3.47. The van der Waals surface area contributed by atoms with Gasteiger partial charge in [-0.1, -0.05) is 12.1 Å². The van der Waals surface area contributed by atoms with Crippen LogP contribution in [0, 0.1) is 10.1 Å². The second kappa shape index (κ2) is 6.36. The molecule has 0 spiro atoms. The van der Waals surface area contributed by atoms with Gasteiger partial charge in [0.1, 0.15) is 0 Å². The Kier molecular flexibility index (Phi) is 4.54. The third-order valence-electron chi connectivity index (χ3n) is 2.82. The van der Waals surface area contributed by atoms with Gasteiger partial charge in [0.2, 0.25) is 0 Å². The molecule has 21 heavy (non-hydrogen) atoms. The second-order valence-corrected chi connectivity index (χ2v) is 5.13. The Hall–Kier alpha value is -2.41. The first-order valence-electron chi connectivity index (χ1n) is 5.97. The summed E-state index contributed by atoms with van der Waals surface area (Å²) in [6.07, 6.45) is 0. The lowest BCUT2D eigenvalue weighted by Gasteiger charge is -2.08. The molecule has 0 aliphatic heterocycles. The molecule has 0 radical (unpaired) electrons. The quantitative estimate of drug-likeness (QED) is 0.633. The molecule has 0 aliphatic carbocycles. The summed E-state index contributed by atoms with van der Waals surface area (Å²) in [7, 11) is 0. The van der Waals surface area contributed by atoms with Crippen LogP contribution in [-0.4, -0.2) is 16.0 Å². The van der Waals surface area contributed by atoms with Crippen molar-refractivity contribution in [2.75, 3.05) is 5.32 Å². The van der Waals surface area contributed by atoms with Crippen molar-refractivity contribution in [3.05, 3.63) is 68.2 Å². The minimum Gasteiger partial charge on any atom is -0.478 e. The van der Waals surface area contributed by atoms with E-state index in [0.29, 0.717) is 11.0 Å². The van der Waals surface area contributed by atoms with Crippen molar-refractivity contribution in [1.82, 2.24) is 0 Å². The lowest BCUT2D eigenvalue weighted by Crippen LogP contribution is -2.02. The number of hydrogen-bond donors (Lipinski definition) is 2. The summed E-state index contributed by atoms with van der Waals surface area (Å²) in [5.74, 6) is -1.01. The van der Waals surface area contributed by atoms with Crippen LogP contribution in [0.15, 0.2) is 46.9 Å². The van der Waals surface area contributed by atoms with Crippen LogP contribution in [0.1, 0.15) is 15.9 Å². The van der Waals surface area contributed by atoms with Crippen LogP contribution in [0.4, 0.5) is 11.4 Å². The summed E-state index contributed by atoms with van der Waals surface area (Å²) >= 11 is 3.19. The Balaban J connectivity index is 2.10. The molecule has 2 N–H and O–H groups in total. The maximum absolute atomic E-state index is 10.9. The molecular formula is C14H11BrN2O4. The zero-order valence-corrected chi connectivity index (χ0v) is 12.3. The van der Waals surface area contributed by atoms with Crippen LogP contribution in [0.3, 0.4) is 0 Å². The summed E-state index contributed by atoms with van der Waals surface area (Å²) in [6.45, 7) is 0.403. The van der Waals surface area contributed by atoms with Crippen LogP contribution in [0.25, 0.3) is 0 Å². The monoisotopic (exact) mass is 350 g/mol. The highest BCUT2D eigenvalue weighted by atomic mass is 79.9. The Morgan fingerprint density at radius 2 is 2.05 bits per heavy atom. The molecule has 0 amide bonds. The van der Waals surface area contributed by atoms with E-state index in [2.05, 4.69) is 21.2 Å². The first-order valence-corrected chi connectivity index (χ1v) is 6.76. The molecule has 6 nitrogen and oxygen atoms in total. The Labute approximate surface area is 128 Å². The highest BCUT2D eigenvalue weighted by Gasteiger charge is 2.09. The maximum Gasteiger partial charge on any atom is 0.336 e. The smallest absolute Gasteiger partial charge is 0.336 e. The highest BCUT2D eigenvalue weighted by molar-refractivity contribution is 9.10. The Morgan fingerprint density at radius 1 is 1.29 bits per heavy atom. The van der Waals surface area contributed by atoms with Crippen molar-refractivity contribution in [2.24, 2.45) is 0 Å². The molecule has 0 unspecified atom stereocenters. The van der Waals surface area contributed by atoms with E-state index in [9.17, 15) is 14.9 Å². The first-order chi connectivity index (χ1) is 9.97. The molecule has 2 aromatic rings. The van der Waals surface area contributed by atoms with Gasteiger partial charge in [-0.05, 0) is 39.7 Å². The summed E-state index contributed by atoms with van der Waals surface area (Å²) in [6, 6.07) is 11.1. The molecule has 0 saturated carbocycles. The molecule has 0 fully saturated rings. The molecule has 7 heteroatoms. The number of carboxylic acid groups (broad SMARTS) is 1. The lowest BCUT2D eigenvalue weighted by atomic mass is 10.2. The normalized spacial score (nSPS) is 10.1. The summed E-state index contributed by atoms with van der Waals surface area (Å²) in [4.78, 5) is 21.2. The summed E-state index contributed by atoms with van der Waals surface area (Å²) in [5, 5.41) is 22.7. The fourth-order valence-electron chi connectivity index (χ4n) is 1.78. The number of carbonyl (C=O) groups is 1. The predicted molar refractivity (Wildman–Crippen MR) is 81.5 cm³/mol. The van der Waals surface area contributed by atoms with Gasteiger partial charge in [0.15, 0.2) is 0 Å². The third kappa shape index (κ3) is 3.79. The van der Waals surface area contributed by atoms with E-state index in [4.69, 9.17) is 5.11 Å². The van der Waals surface area contributed by atoms with Gasteiger partial charge in [0.05, 0.1) is 10.5 Å². The maximum atomic E-state index is 10.9. The van der Waals surface area contributed by atoms with Crippen molar-refractivity contribution < 1.29 is 14.8 Å². The number of anilines is 1. The number of hydrogen-bond acceptors (Lipinski definition) is 4. The van der Waals surface area contributed by atoms with Gasteiger partial charge in [-0.2, -0.15) is 0 Å². The van der Waals surface area contributed by atoms with E-state index in [1.807, 2.05) is 0 Å². The van der Waals surface area contributed by atoms with Gasteiger partial charge in [-0.25, -0.2) is 4.79 Å². The number of nitro groups is 1. The Morgan fingerprint density at radius 3 is 2.67 bits per heavy atom. The first kappa shape index (κ1) is 15.0. The lowest BCUT2D eigenvalue weighted by molar-refractivity contribution is -0.384. The molecule has 0 bridgehead atoms. The number of aromatic carboxylic acids is 1. The van der Waals surface area contributed by atoms with Gasteiger partial charge in [0.25, 0.3) is 5.69 Å². The summed E-state index contributed by atoms with van der Waals surface area (Å²) < 4.78 is 0.471. The number of benzene rings is 2. The van der Waals surface area contributed by atoms with Gasteiger partial charge in [-0.15, -0.1) is 0 Å². The van der Waals surface area contributed by atoms with Crippen LogP contribution < -0.4 is 5.32 Å². The summed E-state index contributed by atoms with van der Waals surface area (Å²) in [5.41, 5.74) is 1.70. The highest BCUT2D eigenvalue weighted by Crippen LogP contribution is 2.22. The van der Waals surface area contributed by atoms with Gasteiger partial charge < -0.3 is 10.4 Å². The van der Waals surface area contributed by atoms with Crippen LogP contribution in [-0.2, 0) is 6.54 Å². The zero-order chi connectivity index (χ0) is 15.4. The van der Waals surface area contributed by atoms with Gasteiger partial charge >= 0.3 is 5.97 Å². The van der Waals surface area contributed by atoms with Crippen LogP contribution in [0.5, 0.6) is 0 Å². The van der Waals surface area contributed by atoms with E-state index in [0.717, 1.165) is 11.3 Å². The number of halogens is 1. The molecule has 0 saturated heterocycles. The fraction of sp³-hybridized carbons (Fsp3) is 0.0714. The van der Waals surface area contributed by atoms with Gasteiger partial charge in [0, 0.05) is 28.8 Å². The molecule has 0 aliphatic rings. The second-order valence-electron chi connectivity index (χ2n) is 4.28. The molecule has 2 aromatic carbocycles. The zero-order valence-electron chi connectivity index (χ0n) is 10.7. The SMILES string of the molecule is O=C(O)c1ccc(NCc2cccc([N+](=O)[O-])c2)cc1Br. The predicted octanol–water partition coefficient (Wildman–Crippen LogP) is 3.67. The number of carboxylic acids is 1. The number of non-ortho nitro benzene ring substituents is 1. The van der Waals surface area contributed by atoms with E-state index in [1.54, 1.807) is 24.3 Å². The van der Waals surface area contributed by atoms with E-state index < -0.39 is 10.9 Å². The van der Waals surface area contributed by atoms with Gasteiger partial charge in [-0.3, -0.25) is 10.1 Å². The average molecular weight is 351 g/mol. The van der Waals surface area contributed by atoms with Crippen molar-refractivity contribution in [3.63, 3.8) is 0 Å². The number of nitrogens with zero attached hydrogens (tertiary/aromatic N) is 1. The van der Waals surface area contributed by atoms with E-state index in [1.165, 1.54) is 18.2 Å². The Bertz CT molecular complexity index is 703. The number of nitro benzene ring substituents is 1. The number of nitrogens with one attached hydrogen (secondary N) is 1. The molecule has 0 heterocycles. The molecular weight excluding hydrogens is 340 g/mol. The average Bonchev–Trinajstić information content (AvgIpc) is 2.45. The van der Waals surface area contributed by atoms with Crippen LogP contribution >= 0.6 is 15.9 Å². The standard InChI is InChI=1S/C14H11BrN2O4/c15-13-7-10(4-5-12(13)14(18)19)16-8-9-2-1-3-11(6-9)17(20)21/h1-7,16H,8H2,(H,18,19). The number of rotatable bonds is 5. The van der Waals surface area contributed by atoms with E-state index >= 15 is 0 Å². The molecule has 108 valence electrons. The van der Waals surface area contributed by atoms with Crippen molar-refractivity contribution >= 4 is 33.3 Å². The largest absolute Gasteiger partial charge is 0.478 e. The van der Waals surface area contributed by atoms with Crippen molar-refractivity contribution in [1.29, 1.82) is 0 Å². The molecule has 2 rings (SSSR count). The van der Waals surface area contributed by atoms with E-state index in [-0.39, 0.29) is 11.3 Å². The molecule has 0 aromatic heterocycles. The minimum atomic E-state index is -1.01. The van der Waals surface area contributed by atoms with Crippen molar-refractivity contribution in [3.8, 4) is 0 Å². The molecule has 0 atom stereocenters. The topological polar surface area (TPSA) is 92.5 Å². The minimum absolute atomic E-state index is 0.0386.